The van der Waals surface area contributed by atoms with E-state index in [2.05, 4.69) is 53.8 Å². The van der Waals surface area contributed by atoms with Crippen LogP contribution in [0, 0.1) is 25.7 Å². The molecule has 0 aliphatic carbocycles. The molecule has 1 aromatic carbocycles. The summed E-state index contributed by atoms with van der Waals surface area (Å²) in [5.74, 6) is 6.81. The van der Waals surface area contributed by atoms with Gasteiger partial charge in [0.25, 0.3) is 0 Å². The minimum absolute atomic E-state index is 0.599. The van der Waals surface area contributed by atoms with Crippen LogP contribution in [-0.4, -0.2) is 5.88 Å². The molecule has 0 aliphatic heterocycles. The molecule has 0 nitrogen and oxygen atoms in total. The minimum Gasteiger partial charge on any atom is -0.126 e. The second kappa shape index (κ2) is 5.44. The van der Waals surface area contributed by atoms with Crippen molar-refractivity contribution in [1.29, 1.82) is 0 Å². The van der Waals surface area contributed by atoms with E-state index in [-0.39, 0.29) is 0 Å². The van der Waals surface area contributed by atoms with Crippen molar-refractivity contribution < 1.29 is 0 Å². The average Bonchev–Trinajstić information content (AvgIpc) is 2.09. The summed E-state index contributed by atoms with van der Waals surface area (Å²) >= 11 is 9.02. The fourth-order valence-corrected chi connectivity index (χ4v) is 2.09. The molecule has 1 aromatic rings. The molecule has 14 heavy (non-hydrogen) atoms. The van der Waals surface area contributed by atoms with E-state index in [9.17, 15) is 0 Å². The second-order valence-corrected chi connectivity index (χ2v) is 4.45. The molecule has 0 saturated carbocycles. The van der Waals surface area contributed by atoms with Crippen molar-refractivity contribution in [3.8, 4) is 11.8 Å². The molecule has 0 atom stereocenters. The summed E-state index contributed by atoms with van der Waals surface area (Å²) in [6.45, 7) is 4.14. The van der Waals surface area contributed by atoms with Crippen molar-refractivity contribution in [3.05, 3.63) is 33.3 Å². The van der Waals surface area contributed by atoms with Crippen molar-refractivity contribution >= 4 is 27.5 Å². The van der Waals surface area contributed by atoms with Crippen LogP contribution >= 0.6 is 27.5 Å². The van der Waals surface area contributed by atoms with Gasteiger partial charge in [-0.15, -0.1) is 11.6 Å². The first-order valence-corrected chi connectivity index (χ1v) is 5.79. The molecule has 0 bridgehead atoms. The van der Waals surface area contributed by atoms with Crippen LogP contribution in [0.4, 0.5) is 0 Å². The highest BCUT2D eigenvalue weighted by molar-refractivity contribution is 9.10. The summed E-state index contributed by atoms with van der Waals surface area (Å²) < 4.78 is 1.11. The van der Waals surface area contributed by atoms with Crippen LogP contribution in [0.5, 0.6) is 0 Å². The highest BCUT2D eigenvalue weighted by Crippen LogP contribution is 2.19. The third-order valence-electron chi connectivity index (χ3n) is 1.93. The van der Waals surface area contributed by atoms with E-state index in [1.165, 1.54) is 11.1 Å². The third-order valence-corrected chi connectivity index (χ3v) is 2.58. The Labute approximate surface area is 98.8 Å². The summed E-state index contributed by atoms with van der Waals surface area (Å²) in [6.07, 6.45) is 0.747. The minimum atomic E-state index is 0.599. The smallest absolute Gasteiger partial charge is 0.0333 e. The molecule has 1 rings (SSSR count). The normalized spacial score (nSPS) is 9.43. The molecular formula is C12H12BrCl. The third kappa shape index (κ3) is 3.04. The lowest BCUT2D eigenvalue weighted by atomic mass is 10.0. The summed E-state index contributed by atoms with van der Waals surface area (Å²) in [5.41, 5.74) is 3.54. The zero-order chi connectivity index (χ0) is 10.6. The number of aryl methyl sites for hydroxylation is 2. The molecule has 0 amide bonds. The van der Waals surface area contributed by atoms with Gasteiger partial charge >= 0.3 is 0 Å². The van der Waals surface area contributed by atoms with E-state index in [4.69, 9.17) is 11.6 Å². The first-order valence-electron chi connectivity index (χ1n) is 4.46. The van der Waals surface area contributed by atoms with Gasteiger partial charge in [0.05, 0.1) is 0 Å². The Balaban J connectivity index is 3.04. The maximum Gasteiger partial charge on any atom is 0.0333 e. The number of halogens is 2. The number of hydrogen-bond donors (Lipinski definition) is 0. The van der Waals surface area contributed by atoms with Gasteiger partial charge in [-0.3, -0.25) is 0 Å². The van der Waals surface area contributed by atoms with E-state index >= 15 is 0 Å². The van der Waals surface area contributed by atoms with Gasteiger partial charge in [-0.1, -0.05) is 27.8 Å². The standard InChI is InChI=1S/C12H12BrCl/c1-9-7-11(13)8-10(2)12(9)5-3-4-6-14/h7-8H,4,6H2,1-2H3. The van der Waals surface area contributed by atoms with Crippen molar-refractivity contribution in [1.82, 2.24) is 0 Å². The molecular weight excluding hydrogens is 259 g/mol. The van der Waals surface area contributed by atoms with Crippen LogP contribution in [0.3, 0.4) is 0 Å². The predicted octanol–water partition coefficient (Wildman–Crippen LogP) is 4.05. The maximum absolute atomic E-state index is 5.56. The second-order valence-electron chi connectivity index (χ2n) is 3.16. The molecule has 0 radical (unpaired) electrons. The molecule has 2 heteroatoms. The van der Waals surface area contributed by atoms with E-state index < -0.39 is 0 Å². The number of hydrogen-bond acceptors (Lipinski definition) is 0. The van der Waals surface area contributed by atoms with Crippen LogP contribution < -0.4 is 0 Å². The van der Waals surface area contributed by atoms with Crippen LogP contribution in [0.2, 0.25) is 0 Å². The van der Waals surface area contributed by atoms with Gasteiger partial charge in [-0.05, 0) is 37.1 Å². The summed E-state index contributed by atoms with van der Waals surface area (Å²) in [5, 5.41) is 0. The molecule has 0 saturated heterocycles. The molecule has 0 N–H and O–H groups in total. The Bertz CT molecular complexity index is 362. The van der Waals surface area contributed by atoms with Gasteiger partial charge in [-0.2, -0.15) is 0 Å². The molecule has 0 unspecified atom stereocenters. The topological polar surface area (TPSA) is 0 Å². The summed E-state index contributed by atoms with van der Waals surface area (Å²) in [7, 11) is 0. The van der Waals surface area contributed by atoms with Crippen LogP contribution in [0.15, 0.2) is 16.6 Å². The van der Waals surface area contributed by atoms with Gasteiger partial charge < -0.3 is 0 Å². The fraction of sp³-hybridized carbons (Fsp3) is 0.333. The van der Waals surface area contributed by atoms with E-state index in [1.54, 1.807) is 0 Å². The van der Waals surface area contributed by atoms with E-state index in [0.717, 1.165) is 16.5 Å². The number of alkyl halides is 1. The zero-order valence-corrected chi connectivity index (χ0v) is 10.7. The van der Waals surface area contributed by atoms with Gasteiger partial charge in [0.2, 0.25) is 0 Å². The van der Waals surface area contributed by atoms with Crippen LogP contribution in [-0.2, 0) is 0 Å². The molecule has 0 aliphatic rings. The highest BCUT2D eigenvalue weighted by atomic mass is 79.9. The zero-order valence-electron chi connectivity index (χ0n) is 8.32. The number of rotatable bonds is 1. The molecule has 0 spiro atoms. The van der Waals surface area contributed by atoms with Crippen molar-refractivity contribution in [2.24, 2.45) is 0 Å². The lowest BCUT2D eigenvalue weighted by Gasteiger charge is -2.03. The summed E-state index contributed by atoms with van der Waals surface area (Å²) in [6, 6.07) is 4.16. The first-order chi connectivity index (χ1) is 6.65. The average molecular weight is 272 g/mol. The largest absolute Gasteiger partial charge is 0.126 e. The molecule has 74 valence electrons. The van der Waals surface area contributed by atoms with E-state index in [0.29, 0.717) is 5.88 Å². The van der Waals surface area contributed by atoms with Crippen molar-refractivity contribution in [3.63, 3.8) is 0 Å². The van der Waals surface area contributed by atoms with E-state index in [1.807, 2.05) is 0 Å². The molecule has 0 aromatic heterocycles. The maximum atomic E-state index is 5.56. The van der Waals surface area contributed by atoms with Crippen molar-refractivity contribution in [2.75, 3.05) is 5.88 Å². The Morgan fingerprint density at radius 1 is 1.29 bits per heavy atom. The number of benzene rings is 1. The Morgan fingerprint density at radius 3 is 2.36 bits per heavy atom. The lowest BCUT2D eigenvalue weighted by Crippen LogP contribution is -1.87. The highest BCUT2D eigenvalue weighted by Gasteiger charge is 2.00. The quantitative estimate of drug-likeness (QED) is 0.534. The summed E-state index contributed by atoms with van der Waals surface area (Å²) in [4.78, 5) is 0. The SMILES string of the molecule is Cc1cc(Br)cc(C)c1C#CCCCl. The molecule has 0 heterocycles. The van der Waals surface area contributed by atoms with Gasteiger partial charge in [0.1, 0.15) is 0 Å². The van der Waals surface area contributed by atoms with Crippen molar-refractivity contribution in [2.45, 2.75) is 20.3 Å². The monoisotopic (exact) mass is 270 g/mol. The van der Waals surface area contributed by atoms with Crippen LogP contribution in [0.1, 0.15) is 23.1 Å². The van der Waals surface area contributed by atoms with Crippen LogP contribution in [0.25, 0.3) is 0 Å². The van der Waals surface area contributed by atoms with Gasteiger partial charge in [-0.25, -0.2) is 0 Å². The fourth-order valence-electron chi connectivity index (χ4n) is 1.31. The Hall–Kier alpha value is -0.450. The first kappa shape index (κ1) is 11.6. The lowest BCUT2D eigenvalue weighted by molar-refractivity contribution is 1.28. The Kier molecular flexibility index (Phi) is 4.51. The van der Waals surface area contributed by atoms with Gasteiger partial charge in [0.15, 0.2) is 0 Å². The molecule has 0 fully saturated rings. The van der Waals surface area contributed by atoms with Gasteiger partial charge in [0, 0.05) is 22.3 Å². The predicted molar refractivity (Wildman–Crippen MR) is 65.8 cm³/mol. The Morgan fingerprint density at radius 2 is 1.86 bits per heavy atom.